The molecule has 0 heterocycles. The van der Waals surface area contributed by atoms with Gasteiger partial charge in [0, 0.05) is 6.04 Å². The molecule has 0 aliphatic heterocycles. The van der Waals surface area contributed by atoms with Crippen molar-refractivity contribution < 1.29 is 14.3 Å². The summed E-state index contributed by atoms with van der Waals surface area (Å²) in [6.07, 6.45) is 0. The summed E-state index contributed by atoms with van der Waals surface area (Å²) < 4.78 is 10.3. The van der Waals surface area contributed by atoms with Crippen LogP contribution in [0, 0.1) is 0 Å². The van der Waals surface area contributed by atoms with Gasteiger partial charge in [-0.15, -0.1) is 0 Å². The normalized spacial score (nSPS) is 12.0. The predicted octanol–water partition coefficient (Wildman–Crippen LogP) is 2.24. The van der Waals surface area contributed by atoms with E-state index in [9.17, 15) is 4.79 Å². The molecule has 1 unspecified atom stereocenters. The summed E-state index contributed by atoms with van der Waals surface area (Å²) in [5, 5.41) is 0.443. The van der Waals surface area contributed by atoms with Crippen molar-refractivity contribution >= 4 is 17.6 Å². The molecular formula is C12H16ClNO3. The Morgan fingerprint density at radius 3 is 2.82 bits per heavy atom. The number of hydrogen-bond donors (Lipinski definition) is 1. The molecule has 0 amide bonds. The van der Waals surface area contributed by atoms with Gasteiger partial charge in [-0.3, -0.25) is 0 Å². The van der Waals surface area contributed by atoms with Crippen LogP contribution in [-0.4, -0.2) is 25.2 Å². The van der Waals surface area contributed by atoms with Crippen LogP contribution in [0.5, 0.6) is 5.75 Å². The number of benzene rings is 1. The van der Waals surface area contributed by atoms with Gasteiger partial charge in [-0.1, -0.05) is 11.6 Å². The highest BCUT2D eigenvalue weighted by Gasteiger charge is 2.10. The second-order valence-corrected chi connectivity index (χ2v) is 4.06. The Labute approximate surface area is 106 Å². The minimum Gasteiger partial charge on any atom is -0.490 e. The van der Waals surface area contributed by atoms with E-state index in [4.69, 9.17) is 26.8 Å². The Morgan fingerprint density at radius 1 is 1.53 bits per heavy atom. The lowest BCUT2D eigenvalue weighted by atomic mass is 10.2. The molecule has 0 aromatic heterocycles. The molecule has 0 saturated carbocycles. The highest BCUT2D eigenvalue weighted by atomic mass is 35.5. The van der Waals surface area contributed by atoms with Crippen LogP contribution in [0.1, 0.15) is 24.2 Å². The average Bonchev–Trinajstić information content (AvgIpc) is 2.28. The molecule has 1 rings (SSSR count). The van der Waals surface area contributed by atoms with Crippen LogP contribution in [0.15, 0.2) is 18.2 Å². The molecule has 0 radical (unpaired) electrons. The zero-order chi connectivity index (χ0) is 12.8. The smallest absolute Gasteiger partial charge is 0.338 e. The van der Waals surface area contributed by atoms with Crippen molar-refractivity contribution in [1.29, 1.82) is 0 Å². The van der Waals surface area contributed by atoms with Gasteiger partial charge in [0.15, 0.2) is 0 Å². The number of ether oxygens (including phenoxy) is 2. The maximum Gasteiger partial charge on any atom is 0.338 e. The first-order valence-corrected chi connectivity index (χ1v) is 5.77. The maximum absolute atomic E-state index is 11.5. The number of nitrogens with two attached hydrogens (primary N) is 1. The second-order valence-electron chi connectivity index (χ2n) is 3.65. The number of hydrogen-bond acceptors (Lipinski definition) is 4. The molecule has 0 spiro atoms. The van der Waals surface area contributed by atoms with Gasteiger partial charge in [0.1, 0.15) is 12.4 Å². The third kappa shape index (κ3) is 4.24. The van der Waals surface area contributed by atoms with Gasteiger partial charge in [0.25, 0.3) is 0 Å². The van der Waals surface area contributed by atoms with Crippen molar-refractivity contribution in [3.63, 3.8) is 0 Å². The number of rotatable bonds is 5. The summed E-state index contributed by atoms with van der Waals surface area (Å²) in [6, 6.07) is 4.66. The van der Waals surface area contributed by atoms with Crippen molar-refractivity contribution in [2.45, 2.75) is 19.9 Å². The summed E-state index contributed by atoms with van der Waals surface area (Å²) in [4.78, 5) is 11.5. The lowest BCUT2D eigenvalue weighted by Gasteiger charge is -2.11. The Bertz CT molecular complexity index is 393. The molecule has 4 nitrogen and oxygen atoms in total. The van der Waals surface area contributed by atoms with Crippen LogP contribution in [0.2, 0.25) is 5.02 Å². The van der Waals surface area contributed by atoms with Gasteiger partial charge in [0.2, 0.25) is 0 Å². The highest BCUT2D eigenvalue weighted by Crippen LogP contribution is 2.26. The first-order valence-electron chi connectivity index (χ1n) is 5.39. The molecule has 1 atom stereocenters. The number of halogens is 1. The van der Waals surface area contributed by atoms with Crippen molar-refractivity contribution in [1.82, 2.24) is 0 Å². The van der Waals surface area contributed by atoms with Crippen molar-refractivity contribution in [3.05, 3.63) is 28.8 Å². The van der Waals surface area contributed by atoms with Crippen LogP contribution < -0.4 is 10.5 Å². The molecule has 0 aliphatic carbocycles. The minimum atomic E-state index is -0.394. The van der Waals surface area contributed by atoms with Gasteiger partial charge in [0.05, 0.1) is 17.2 Å². The van der Waals surface area contributed by atoms with Crippen LogP contribution in [0.3, 0.4) is 0 Å². The van der Waals surface area contributed by atoms with Crippen molar-refractivity contribution in [3.8, 4) is 5.75 Å². The van der Waals surface area contributed by atoms with E-state index >= 15 is 0 Å². The fourth-order valence-electron chi connectivity index (χ4n) is 1.18. The topological polar surface area (TPSA) is 61.5 Å². The third-order valence-electron chi connectivity index (χ3n) is 1.94. The lowest BCUT2D eigenvalue weighted by Crippen LogP contribution is -2.23. The third-order valence-corrected chi connectivity index (χ3v) is 2.26. The van der Waals surface area contributed by atoms with Crippen LogP contribution in [0.4, 0.5) is 0 Å². The Morgan fingerprint density at radius 2 is 2.24 bits per heavy atom. The average molecular weight is 258 g/mol. The predicted molar refractivity (Wildman–Crippen MR) is 66.6 cm³/mol. The van der Waals surface area contributed by atoms with Gasteiger partial charge in [-0.05, 0) is 32.0 Å². The van der Waals surface area contributed by atoms with Gasteiger partial charge in [-0.25, -0.2) is 4.79 Å². The monoisotopic (exact) mass is 257 g/mol. The second kappa shape index (κ2) is 6.47. The van der Waals surface area contributed by atoms with E-state index in [1.54, 1.807) is 25.1 Å². The van der Waals surface area contributed by atoms with Crippen LogP contribution in [0.25, 0.3) is 0 Å². The largest absolute Gasteiger partial charge is 0.490 e. The molecule has 94 valence electrons. The standard InChI is InChI=1S/C12H16ClNO3/c1-3-16-12(15)9-4-5-10(13)11(6-9)17-7-8(2)14/h4-6,8H,3,7,14H2,1-2H3. The molecule has 1 aromatic carbocycles. The summed E-state index contributed by atoms with van der Waals surface area (Å²) in [7, 11) is 0. The van der Waals surface area contributed by atoms with Gasteiger partial charge >= 0.3 is 5.97 Å². The van der Waals surface area contributed by atoms with E-state index < -0.39 is 5.97 Å². The zero-order valence-electron chi connectivity index (χ0n) is 9.90. The van der Waals surface area contributed by atoms with E-state index in [0.29, 0.717) is 29.5 Å². The fourth-order valence-corrected chi connectivity index (χ4v) is 1.35. The summed E-state index contributed by atoms with van der Waals surface area (Å²) in [6.45, 7) is 4.24. The summed E-state index contributed by atoms with van der Waals surface area (Å²) >= 11 is 5.94. The number of esters is 1. The van der Waals surface area contributed by atoms with Crippen LogP contribution in [-0.2, 0) is 4.74 Å². The van der Waals surface area contributed by atoms with E-state index in [-0.39, 0.29) is 6.04 Å². The first-order chi connectivity index (χ1) is 8.04. The van der Waals surface area contributed by atoms with Gasteiger partial charge < -0.3 is 15.2 Å². The quantitative estimate of drug-likeness (QED) is 0.822. The zero-order valence-corrected chi connectivity index (χ0v) is 10.7. The fraction of sp³-hybridized carbons (Fsp3) is 0.417. The highest BCUT2D eigenvalue weighted by molar-refractivity contribution is 6.32. The Hall–Kier alpha value is -1.26. The van der Waals surface area contributed by atoms with E-state index in [2.05, 4.69) is 0 Å². The minimum absolute atomic E-state index is 0.0997. The molecule has 0 bridgehead atoms. The Balaban J connectivity index is 2.82. The molecule has 17 heavy (non-hydrogen) atoms. The molecule has 1 aromatic rings. The number of carbonyl (C=O) groups is 1. The molecular weight excluding hydrogens is 242 g/mol. The maximum atomic E-state index is 11.5. The SMILES string of the molecule is CCOC(=O)c1ccc(Cl)c(OCC(C)N)c1. The van der Waals surface area contributed by atoms with E-state index in [1.165, 1.54) is 0 Å². The molecule has 0 aliphatic rings. The first kappa shape index (κ1) is 13.8. The molecule has 2 N–H and O–H groups in total. The van der Waals surface area contributed by atoms with Crippen molar-refractivity contribution in [2.75, 3.05) is 13.2 Å². The van der Waals surface area contributed by atoms with E-state index in [1.807, 2.05) is 6.92 Å². The van der Waals surface area contributed by atoms with E-state index in [0.717, 1.165) is 0 Å². The summed E-state index contributed by atoms with van der Waals surface area (Å²) in [5.74, 6) is 0.0457. The molecule has 0 saturated heterocycles. The van der Waals surface area contributed by atoms with Crippen molar-refractivity contribution in [2.24, 2.45) is 5.73 Å². The van der Waals surface area contributed by atoms with Gasteiger partial charge in [-0.2, -0.15) is 0 Å². The van der Waals surface area contributed by atoms with Crippen LogP contribution >= 0.6 is 11.6 Å². The lowest BCUT2D eigenvalue weighted by molar-refractivity contribution is 0.0526. The number of carbonyl (C=O) groups excluding carboxylic acids is 1. The summed E-state index contributed by atoms with van der Waals surface area (Å²) in [5.41, 5.74) is 5.99. The molecule has 5 heteroatoms. The Kier molecular flexibility index (Phi) is 5.25. The molecule has 0 fully saturated rings.